The van der Waals surface area contributed by atoms with E-state index in [-0.39, 0.29) is 30.6 Å². The molecule has 2 aromatic carbocycles. The Balaban J connectivity index is 1.84. The quantitative estimate of drug-likeness (QED) is 0.569. The molecular weight excluding hydrogens is 342 g/mol. The number of hydrogen-bond acceptors (Lipinski definition) is 4. The number of ketones is 1. The number of nitrogens with one attached hydrogen (secondary N) is 1. The topological polar surface area (TPSA) is 72.5 Å². The first kappa shape index (κ1) is 20.4. The van der Waals surface area contributed by atoms with Gasteiger partial charge in [0.2, 0.25) is 0 Å². The lowest BCUT2D eigenvalue weighted by molar-refractivity contribution is -0.154. The normalized spacial score (nSPS) is 11.7. The van der Waals surface area contributed by atoms with Crippen LogP contribution in [0.3, 0.4) is 0 Å². The summed E-state index contributed by atoms with van der Waals surface area (Å²) in [6.45, 7) is 5.17. The smallest absolute Gasteiger partial charge is 0.307 e. The fraction of sp³-hybridized carbons (Fsp3) is 0.318. The molecule has 0 aromatic heterocycles. The zero-order valence-corrected chi connectivity index (χ0v) is 15.9. The highest BCUT2D eigenvalue weighted by Crippen LogP contribution is 2.20. The summed E-state index contributed by atoms with van der Waals surface area (Å²) in [5.74, 6) is -1.04. The average molecular weight is 367 g/mol. The first-order valence-corrected chi connectivity index (χ1v) is 9.05. The summed E-state index contributed by atoms with van der Waals surface area (Å²) in [5, 5.41) is 2.67. The van der Waals surface area contributed by atoms with E-state index in [0.717, 1.165) is 11.1 Å². The molecule has 2 rings (SSSR count). The lowest BCUT2D eigenvalue weighted by Gasteiger charge is -2.15. The van der Waals surface area contributed by atoms with Crippen molar-refractivity contribution in [1.82, 2.24) is 5.32 Å². The molecule has 0 saturated carbocycles. The van der Waals surface area contributed by atoms with E-state index in [9.17, 15) is 14.4 Å². The summed E-state index contributed by atoms with van der Waals surface area (Å²) < 4.78 is 5.07. The Bertz CT molecular complexity index is 782. The van der Waals surface area contributed by atoms with E-state index in [1.807, 2.05) is 56.3 Å². The average Bonchev–Trinajstić information content (AvgIpc) is 2.66. The van der Waals surface area contributed by atoms with E-state index >= 15 is 0 Å². The van der Waals surface area contributed by atoms with Crippen LogP contribution in [0.5, 0.6) is 0 Å². The molecule has 0 unspecified atom stereocenters. The lowest BCUT2D eigenvalue weighted by atomic mass is 10.0. The van der Waals surface area contributed by atoms with Gasteiger partial charge in [0.1, 0.15) is 0 Å². The molecule has 5 nitrogen and oxygen atoms in total. The Morgan fingerprint density at radius 1 is 0.852 bits per heavy atom. The minimum atomic E-state index is -0.875. The van der Waals surface area contributed by atoms with Gasteiger partial charge in [0.05, 0.1) is 6.42 Å². The monoisotopic (exact) mass is 367 g/mol. The van der Waals surface area contributed by atoms with Crippen molar-refractivity contribution in [3.05, 3.63) is 60.2 Å². The Morgan fingerprint density at radius 3 is 2.04 bits per heavy atom. The maximum Gasteiger partial charge on any atom is 0.307 e. The number of rotatable bonds is 8. The summed E-state index contributed by atoms with van der Waals surface area (Å²) in [5.41, 5.74) is 2.65. The van der Waals surface area contributed by atoms with Gasteiger partial charge in [0.25, 0.3) is 5.91 Å². The molecule has 0 bridgehead atoms. The first-order chi connectivity index (χ1) is 12.9. The van der Waals surface area contributed by atoms with E-state index in [4.69, 9.17) is 4.74 Å². The molecule has 0 fully saturated rings. The molecule has 142 valence electrons. The summed E-state index contributed by atoms with van der Waals surface area (Å²) in [7, 11) is 0. The third-order valence-corrected chi connectivity index (χ3v) is 3.98. The molecule has 0 spiro atoms. The van der Waals surface area contributed by atoms with Crippen molar-refractivity contribution in [2.24, 2.45) is 0 Å². The molecular formula is C22H25NO4. The van der Waals surface area contributed by atoms with Crippen molar-refractivity contribution < 1.29 is 19.1 Å². The molecule has 27 heavy (non-hydrogen) atoms. The van der Waals surface area contributed by atoms with Crippen LogP contribution in [0.2, 0.25) is 0 Å². The number of Topliss-reactive ketones (excluding diaryl/α,β-unsaturated/α-hetero) is 1. The first-order valence-electron chi connectivity index (χ1n) is 9.05. The van der Waals surface area contributed by atoms with Gasteiger partial charge in [-0.25, -0.2) is 0 Å². The number of esters is 1. The molecule has 1 atom stereocenters. The number of carbonyl (C=O) groups is 3. The van der Waals surface area contributed by atoms with Gasteiger partial charge in [-0.2, -0.15) is 0 Å². The Kier molecular flexibility index (Phi) is 7.29. The van der Waals surface area contributed by atoms with E-state index in [0.29, 0.717) is 5.56 Å². The Morgan fingerprint density at radius 2 is 1.44 bits per heavy atom. The molecule has 0 radical (unpaired) electrons. The number of hydrogen-bond donors (Lipinski definition) is 1. The van der Waals surface area contributed by atoms with Gasteiger partial charge < -0.3 is 10.1 Å². The summed E-state index contributed by atoms with van der Waals surface area (Å²) >= 11 is 0. The number of ether oxygens (including phenoxy) is 1. The van der Waals surface area contributed by atoms with Gasteiger partial charge in [0, 0.05) is 18.0 Å². The van der Waals surface area contributed by atoms with E-state index in [2.05, 4.69) is 5.32 Å². The van der Waals surface area contributed by atoms with E-state index < -0.39 is 12.1 Å². The molecule has 0 aliphatic rings. The van der Waals surface area contributed by atoms with Gasteiger partial charge in [-0.05, 0) is 31.9 Å². The van der Waals surface area contributed by atoms with Crippen LogP contribution >= 0.6 is 0 Å². The predicted molar refractivity (Wildman–Crippen MR) is 104 cm³/mol. The molecule has 0 saturated heterocycles. The standard InChI is InChI=1S/C22H25NO4/c1-15(2)23-22(26)16(3)27-21(25)14-13-20(24)19-11-9-18(10-12-19)17-7-5-4-6-8-17/h4-12,15-16H,13-14H2,1-3H3,(H,23,26)/t16-/m0/s1. The van der Waals surface area contributed by atoms with Crippen LogP contribution < -0.4 is 5.32 Å². The third-order valence-electron chi connectivity index (χ3n) is 3.98. The van der Waals surface area contributed by atoms with Crippen molar-refractivity contribution in [1.29, 1.82) is 0 Å². The number of amides is 1. The lowest BCUT2D eigenvalue weighted by Crippen LogP contribution is -2.39. The van der Waals surface area contributed by atoms with Crippen molar-refractivity contribution in [2.45, 2.75) is 45.8 Å². The maximum absolute atomic E-state index is 12.3. The van der Waals surface area contributed by atoms with Crippen LogP contribution in [0.1, 0.15) is 44.0 Å². The van der Waals surface area contributed by atoms with Crippen molar-refractivity contribution in [3.8, 4) is 11.1 Å². The molecule has 1 N–H and O–H groups in total. The molecule has 0 aliphatic carbocycles. The van der Waals surface area contributed by atoms with E-state index in [1.54, 1.807) is 12.1 Å². The number of benzene rings is 2. The van der Waals surface area contributed by atoms with Crippen LogP contribution in [-0.2, 0) is 14.3 Å². The minimum absolute atomic E-state index is 0.0286. The maximum atomic E-state index is 12.3. The van der Waals surface area contributed by atoms with Crippen molar-refractivity contribution in [3.63, 3.8) is 0 Å². The van der Waals surface area contributed by atoms with E-state index in [1.165, 1.54) is 6.92 Å². The molecule has 1 amide bonds. The second-order valence-corrected chi connectivity index (χ2v) is 6.66. The Hall–Kier alpha value is -2.95. The van der Waals surface area contributed by atoms with Crippen LogP contribution in [0.25, 0.3) is 11.1 Å². The highest BCUT2D eigenvalue weighted by Gasteiger charge is 2.19. The van der Waals surface area contributed by atoms with Crippen molar-refractivity contribution >= 4 is 17.7 Å². The Labute approximate surface area is 159 Å². The number of carbonyl (C=O) groups excluding carboxylic acids is 3. The zero-order chi connectivity index (χ0) is 19.8. The second kappa shape index (κ2) is 9.67. The van der Waals surface area contributed by atoms with Gasteiger partial charge >= 0.3 is 5.97 Å². The van der Waals surface area contributed by atoms with Gasteiger partial charge in [-0.15, -0.1) is 0 Å². The van der Waals surface area contributed by atoms with Gasteiger partial charge in [-0.1, -0.05) is 54.6 Å². The second-order valence-electron chi connectivity index (χ2n) is 6.66. The largest absolute Gasteiger partial charge is 0.453 e. The zero-order valence-electron chi connectivity index (χ0n) is 15.9. The third kappa shape index (κ3) is 6.37. The van der Waals surface area contributed by atoms with Gasteiger partial charge in [0.15, 0.2) is 11.9 Å². The molecule has 5 heteroatoms. The van der Waals surface area contributed by atoms with Crippen molar-refractivity contribution in [2.75, 3.05) is 0 Å². The van der Waals surface area contributed by atoms with Gasteiger partial charge in [-0.3, -0.25) is 14.4 Å². The minimum Gasteiger partial charge on any atom is -0.453 e. The fourth-order valence-corrected chi connectivity index (χ4v) is 2.55. The molecule has 2 aromatic rings. The summed E-state index contributed by atoms with van der Waals surface area (Å²) in [6, 6.07) is 17.1. The summed E-state index contributed by atoms with van der Waals surface area (Å²) in [4.78, 5) is 35.9. The summed E-state index contributed by atoms with van der Waals surface area (Å²) in [6.07, 6.45) is -0.888. The highest BCUT2D eigenvalue weighted by molar-refractivity contribution is 5.98. The molecule has 0 heterocycles. The predicted octanol–water partition coefficient (Wildman–Crippen LogP) is 3.77. The van der Waals surface area contributed by atoms with Crippen LogP contribution in [0.15, 0.2) is 54.6 Å². The van der Waals surface area contributed by atoms with Crippen LogP contribution in [-0.4, -0.2) is 29.8 Å². The fourth-order valence-electron chi connectivity index (χ4n) is 2.55. The highest BCUT2D eigenvalue weighted by atomic mass is 16.5. The van der Waals surface area contributed by atoms with Crippen LogP contribution in [0, 0.1) is 0 Å². The van der Waals surface area contributed by atoms with Crippen LogP contribution in [0.4, 0.5) is 0 Å². The molecule has 0 aliphatic heterocycles. The SMILES string of the molecule is CC(C)NC(=O)[C@H](C)OC(=O)CCC(=O)c1ccc(-c2ccccc2)cc1.